The van der Waals surface area contributed by atoms with E-state index in [-0.39, 0.29) is 30.2 Å². The molecule has 0 radical (unpaired) electrons. The van der Waals surface area contributed by atoms with Gasteiger partial charge in [-0.25, -0.2) is 0 Å². The normalized spacial score (nSPS) is 23.7. The van der Waals surface area contributed by atoms with E-state index >= 15 is 0 Å². The van der Waals surface area contributed by atoms with Crippen molar-refractivity contribution >= 4 is 17.5 Å². The molecule has 2 aliphatic rings. The van der Waals surface area contributed by atoms with E-state index in [1.807, 2.05) is 13.8 Å². The third-order valence-corrected chi connectivity index (χ3v) is 6.08. The Morgan fingerprint density at radius 2 is 1.93 bits per heavy atom. The average molecular weight is 394 g/mol. The molecule has 0 bridgehead atoms. The fraction of sp³-hybridized carbons (Fsp3) is 0.773. The molecule has 2 fully saturated rings. The van der Waals surface area contributed by atoms with Gasteiger partial charge in [-0.1, -0.05) is 38.8 Å². The van der Waals surface area contributed by atoms with Gasteiger partial charge in [-0.15, -0.1) is 0 Å². The predicted molar refractivity (Wildman–Crippen MR) is 108 cm³/mol. The number of ether oxygens (including phenoxy) is 1. The van der Waals surface area contributed by atoms with Crippen LogP contribution in [0.25, 0.3) is 0 Å². The van der Waals surface area contributed by atoms with Crippen LogP contribution in [0, 0.1) is 17.3 Å². The molecule has 6 nitrogen and oxygen atoms in total. The number of hydrogen-bond donors (Lipinski definition) is 1. The Morgan fingerprint density at radius 1 is 1.29 bits per heavy atom. The first-order chi connectivity index (χ1) is 13.2. The Balaban J connectivity index is 1.83. The molecule has 0 aliphatic heterocycles. The van der Waals surface area contributed by atoms with Crippen LogP contribution >= 0.6 is 0 Å². The molecule has 2 atom stereocenters. The van der Waals surface area contributed by atoms with Crippen LogP contribution in [0.1, 0.15) is 72.1 Å². The molecule has 158 valence electrons. The molecule has 0 heterocycles. The molecule has 0 amide bonds. The second kappa shape index (κ2) is 9.68. The molecule has 0 aromatic heterocycles. The van der Waals surface area contributed by atoms with E-state index in [1.54, 1.807) is 12.2 Å². The van der Waals surface area contributed by atoms with Gasteiger partial charge < -0.3 is 14.7 Å². The summed E-state index contributed by atoms with van der Waals surface area (Å²) in [6.45, 7) is 6.30. The van der Waals surface area contributed by atoms with Gasteiger partial charge in [0.05, 0.1) is 24.8 Å². The number of allylic oxidation sites excluding steroid dienone is 1. The summed E-state index contributed by atoms with van der Waals surface area (Å²) in [6.07, 6.45) is 9.39. The van der Waals surface area contributed by atoms with Gasteiger partial charge in [0, 0.05) is 5.41 Å². The van der Waals surface area contributed by atoms with Crippen molar-refractivity contribution < 1.29 is 24.3 Å². The van der Waals surface area contributed by atoms with Crippen LogP contribution in [0.5, 0.6) is 0 Å². The van der Waals surface area contributed by atoms with E-state index < -0.39 is 5.60 Å². The summed E-state index contributed by atoms with van der Waals surface area (Å²) in [5, 5.41) is 15.1. The number of aliphatic hydroxyl groups is 1. The largest absolute Gasteiger partial charge is 0.469 e. The van der Waals surface area contributed by atoms with Crippen molar-refractivity contribution in [2.24, 2.45) is 22.4 Å². The maximum Gasteiger partial charge on any atom is 0.309 e. The highest BCUT2D eigenvalue weighted by Gasteiger charge is 2.47. The second-order valence-electron chi connectivity index (χ2n) is 8.94. The van der Waals surface area contributed by atoms with Crippen LogP contribution in [-0.2, 0) is 19.2 Å². The van der Waals surface area contributed by atoms with E-state index in [1.165, 1.54) is 7.11 Å². The van der Waals surface area contributed by atoms with E-state index in [0.29, 0.717) is 24.7 Å². The molecular formula is C22H35NO5. The molecule has 2 aliphatic carbocycles. The number of carbonyl (C=O) groups excluding carboxylic acids is 2. The van der Waals surface area contributed by atoms with Crippen molar-refractivity contribution in [3.05, 3.63) is 12.2 Å². The van der Waals surface area contributed by atoms with Gasteiger partial charge in [0.2, 0.25) is 0 Å². The quantitative estimate of drug-likeness (QED) is 0.264. The number of rotatable bonds is 10. The Hall–Kier alpha value is -1.69. The minimum Gasteiger partial charge on any atom is -0.469 e. The number of methoxy groups -OCH3 is 1. The van der Waals surface area contributed by atoms with Crippen molar-refractivity contribution in [3.63, 3.8) is 0 Å². The van der Waals surface area contributed by atoms with Gasteiger partial charge in [-0.05, 0) is 56.1 Å². The molecule has 0 unspecified atom stereocenters. The van der Waals surface area contributed by atoms with Crippen molar-refractivity contribution in [3.8, 4) is 0 Å². The van der Waals surface area contributed by atoms with E-state index in [4.69, 9.17) is 4.84 Å². The number of carbonyl (C=O) groups is 2. The fourth-order valence-electron chi connectivity index (χ4n) is 4.27. The molecule has 6 heteroatoms. The lowest BCUT2D eigenvalue weighted by atomic mass is 9.82. The summed E-state index contributed by atoms with van der Waals surface area (Å²) in [4.78, 5) is 28.8. The monoisotopic (exact) mass is 393 g/mol. The fourth-order valence-corrected chi connectivity index (χ4v) is 4.27. The Kier molecular flexibility index (Phi) is 7.81. The van der Waals surface area contributed by atoms with E-state index in [9.17, 15) is 14.7 Å². The maximum absolute atomic E-state index is 12.5. The predicted octanol–water partition coefficient (Wildman–Crippen LogP) is 3.81. The maximum atomic E-state index is 12.5. The molecule has 2 saturated carbocycles. The van der Waals surface area contributed by atoms with Crippen molar-refractivity contribution in [2.45, 2.75) is 77.7 Å². The minimum atomic E-state index is -0.900. The zero-order chi connectivity index (χ0) is 20.8. The second-order valence-corrected chi connectivity index (χ2v) is 8.94. The first kappa shape index (κ1) is 22.6. The zero-order valence-corrected chi connectivity index (χ0v) is 17.7. The Bertz CT molecular complexity index is 606. The number of fused-ring (bicyclic) bond motifs is 1. The summed E-state index contributed by atoms with van der Waals surface area (Å²) >= 11 is 0. The van der Waals surface area contributed by atoms with Crippen LogP contribution < -0.4 is 0 Å². The van der Waals surface area contributed by atoms with Gasteiger partial charge in [-0.2, -0.15) is 0 Å². The Morgan fingerprint density at radius 3 is 2.50 bits per heavy atom. The summed E-state index contributed by atoms with van der Waals surface area (Å²) in [5.41, 5.74) is -0.287. The first-order valence-electron chi connectivity index (χ1n) is 10.4. The third kappa shape index (κ3) is 6.16. The smallest absolute Gasteiger partial charge is 0.309 e. The molecule has 0 spiro atoms. The molecule has 0 aromatic rings. The topological polar surface area (TPSA) is 85.2 Å². The van der Waals surface area contributed by atoms with Gasteiger partial charge in [0.1, 0.15) is 6.61 Å². The van der Waals surface area contributed by atoms with E-state index in [2.05, 4.69) is 16.8 Å². The van der Waals surface area contributed by atoms with Crippen LogP contribution in [0.2, 0.25) is 0 Å². The molecule has 0 aromatic carbocycles. The molecule has 2 rings (SSSR count). The van der Waals surface area contributed by atoms with Crippen LogP contribution in [-0.4, -0.2) is 41.9 Å². The van der Waals surface area contributed by atoms with Crippen LogP contribution in [0.3, 0.4) is 0 Å². The minimum absolute atomic E-state index is 0.0905. The van der Waals surface area contributed by atoms with Gasteiger partial charge in [0.25, 0.3) is 0 Å². The van der Waals surface area contributed by atoms with Crippen LogP contribution in [0.15, 0.2) is 17.3 Å². The van der Waals surface area contributed by atoms with Crippen molar-refractivity contribution in [1.82, 2.24) is 0 Å². The Labute approximate surface area is 168 Å². The highest BCUT2D eigenvalue weighted by atomic mass is 16.6. The summed E-state index contributed by atoms with van der Waals surface area (Å²) in [5.74, 6) is 0.502. The summed E-state index contributed by atoms with van der Waals surface area (Å²) in [6, 6.07) is 0. The van der Waals surface area contributed by atoms with Crippen molar-refractivity contribution in [2.75, 3.05) is 13.7 Å². The van der Waals surface area contributed by atoms with Gasteiger partial charge in [-0.3, -0.25) is 9.59 Å². The number of hydrogen-bond acceptors (Lipinski definition) is 6. The summed E-state index contributed by atoms with van der Waals surface area (Å²) in [7, 11) is 1.35. The van der Waals surface area contributed by atoms with Crippen molar-refractivity contribution in [1.29, 1.82) is 0 Å². The third-order valence-electron chi connectivity index (χ3n) is 6.08. The number of esters is 1. The number of ketones is 1. The standard InChI is InChI=1S/C22H35NO5/c1-5-6-9-21(2,3)19(24)7-10-22(26)14-16-12-18(13-17(16)15-22)23-28-11-8-20(25)27-4/h7,10,16-17,26H,5-6,8-9,11-15H2,1-4H3/t16-,17-,22?/m0/s1. The highest BCUT2D eigenvalue weighted by Crippen LogP contribution is 2.48. The SMILES string of the molecule is CCCCC(C)(C)C(=O)C=CC1(O)C[C@@H]2CC(=NOCCC(=O)OC)C[C@H]2C1. The number of oxime groups is 1. The van der Waals surface area contributed by atoms with Gasteiger partial charge >= 0.3 is 5.97 Å². The van der Waals surface area contributed by atoms with Crippen LogP contribution in [0.4, 0.5) is 0 Å². The van der Waals surface area contributed by atoms with Gasteiger partial charge in [0.15, 0.2) is 5.78 Å². The number of nitrogens with zero attached hydrogens (tertiary/aromatic N) is 1. The average Bonchev–Trinajstić information content (AvgIpc) is 3.15. The lowest BCUT2D eigenvalue weighted by Gasteiger charge is -2.23. The first-order valence-corrected chi connectivity index (χ1v) is 10.4. The molecular weight excluding hydrogens is 358 g/mol. The lowest BCUT2D eigenvalue weighted by molar-refractivity contribution is -0.141. The summed E-state index contributed by atoms with van der Waals surface area (Å²) < 4.78 is 4.56. The lowest BCUT2D eigenvalue weighted by Crippen LogP contribution is -2.26. The molecule has 0 saturated heterocycles. The zero-order valence-electron chi connectivity index (χ0n) is 17.7. The molecule has 28 heavy (non-hydrogen) atoms. The molecule has 1 N–H and O–H groups in total. The number of unbranched alkanes of at least 4 members (excludes halogenated alkanes) is 1. The van der Waals surface area contributed by atoms with E-state index in [0.717, 1.165) is 37.8 Å². The highest BCUT2D eigenvalue weighted by molar-refractivity contribution is 5.94.